The predicted octanol–water partition coefficient (Wildman–Crippen LogP) is 2.02. The number of carbonyl (C=O) groups excluding carboxylic acids is 2. The average Bonchev–Trinajstić information content (AvgIpc) is 2.98. The van der Waals surface area contributed by atoms with Crippen molar-refractivity contribution in [1.29, 1.82) is 0 Å². The second-order valence-corrected chi connectivity index (χ2v) is 6.05. The molecule has 1 aliphatic rings. The first kappa shape index (κ1) is 17.6. The highest BCUT2D eigenvalue weighted by molar-refractivity contribution is 6.30. The molecule has 23 heavy (non-hydrogen) atoms. The molecule has 7 heteroatoms. The summed E-state index contributed by atoms with van der Waals surface area (Å²) in [4.78, 5) is 30.2. The van der Waals surface area contributed by atoms with Crippen LogP contribution in [0.2, 0.25) is 5.02 Å². The van der Waals surface area contributed by atoms with Gasteiger partial charge < -0.3 is 9.64 Å². The molecule has 1 aromatic rings. The number of halogens is 1. The standard InChI is InChI=1S/C16H21ClN2O4/c1-11(23-15-5-3-14(17)4-6-15)16(21)18-22-10-13-7-8-19(9-13)12(2)20/h3-6,11,13H,7-10H2,1-2H3,(H,18,21)/t11-,13?/m0/s1. The van der Waals surface area contributed by atoms with Gasteiger partial charge in [0.15, 0.2) is 6.10 Å². The monoisotopic (exact) mass is 340 g/mol. The van der Waals surface area contributed by atoms with E-state index in [4.69, 9.17) is 21.2 Å². The number of carbonyl (C=O) groups is 2. The number of hydroxylamine groups is 1. The number of ether oxygens (including phenoxy) is 1. The lowest BCUT2D eigenvalue weighted by atomic mass is 10.1. The van der Waals surface area contributed by atoms with Crippen LogP contribution in [0.5, 0.6) is 5.75 Å². The molecule has 0 spiro atoms. The molecule has 1 heterocycles. The Morgan fingerprint density at radius 2 is 2.09 bits per heavy atom. The van der Waals surface area contributed by atoms with Crippen molar-refractivity contribution in [3.63, 3.8) is 0 Å². The van der Waals surface area contributed by atoms with E-state index in [2.05, 4.69) is 5.48 Å². The van der Waals surface area contributed by atoms with Gasteiger partial charge in [-0.3, -0.25) is 14.4 Å². The summed E-state index contributed by atoms with van der Waals surface area (Å²) in [6.45, 7) is 4.99. The van der Waals surface area contributed by atoms with Gasteiger partial charge in [0.1, 0.15) is 5.75 Å². The quantitative estimate of drug-likeness (QED) is 0.804. The van der Waals surface area contributed by atoms with Gasteiger partial charge in [0.2, 0.25) is 5.91 Å². The zero-order valence-corrected chi connectivity index (χ0v) is 14.0. The minimum atomic E-state index is -0.687. The number of nitrogens with one attached hydrogen (secondary N) is 1. The van der Waals surface area contributed by atoms with Crippen LogP contribution < -0.4 is 10.2 Å². The number of nitrogens with zero attached hydrogens (tertiary/aromatic N) is 1. The van der Waals surface area contributed by atoms with E-state index in [1.165, 1.54) is 0 Å². The van der Waals surface area contributed by atoms with E-state index >= 15 is 0 Å². The highest BCUT2D eigenvalue weighted by Gasteiger charge is 2.24. The number of hydrogen-bond acceptors (Lipinski definition) is 4. The molecule has 2 rings (SSSR count). The first-order chi connectivity index (χ1) is 11.0. The molecule has 2 atom stereocenters. The molecule has 126 valence electrons. The third-order valence-electron chi connectivity index (χ3n) is 3.72. The van der Waals surface area contributed by atoms with Crippen molar-refractivity contribution in [1.82, 2.24) is 10.4 Å². The third kappa shape index (κ3) is 5.41. The molecule has 0 saturated carbocycles. The van der Waals surface area contributed by atoms with Gasteiger partial charge in [-0.25, -0.2) is 5.48 Å². The lowest BCUT2D eigenvalue weighted by Crippen LogP contribution is -2.37. The van der Waals surface area contributed by atoms with Crippen LogP contribution in [-0.4, -0.2) is 42.5 Å². The molecule has 0 bridgehead atoms. The molecule has 1 saturated heterocycles. The Hall–Kier alpha value is -1.79. The summed E-state index contributed by atoms with van der Waals surface area (Å²) in [7, 11) is 0. The van der Waals surface area contributed by atoms with E-state index in [1.54, 1.807) is 43.0 Å². The van der Waals surface area contributed by atoms with E-state index in [1.807, 2.05) is 0 Å². The zero-order chi connectivity index (χ0) is 16.8. The summed E-state index contributed by atoms with van der Waals surface area (Å²) in [5, 5.41) is 0.606. The Bertz CT molecular complexity index is 550. The van der Waals surface area contributed by atoms with Crippen LogP contribution in [-0.2, 0) is 14.4 Å². The van der Waals surface area contributed by atoms with Crippen molar-refractivity contribution < 1.29 is 19.2 Å². The number of likely N-dealkylation sites (tertiary alicyclic amines) is 1. The van der Waals surface area contributed by atoms with E-state index in [-0.39, 0.29) is 17.7 Å². The van der Waals surface area contributed by atoms with Crippen LogP contribution in [0.25, 0.3) is 0 Å². The Kier molecular flexibility index (Phi) is 6.24. The minimum Gasteiger partial charge on any atom is -0.481 e. The molecular formula is C16H21ClN2O4. The van der Waals surface area contributed by atoms with Gasteiger partial charge in [-0.2, -0.15) is 0 Å². The topological polar surface area (TPSA) is 67.9 Å². The third-order valence-corrected chi connectivity index (χ3v) is 3.97. The van der Waals surface area contributed by atoms with Gasteiger partial charge in [0.05, 0.1) is 6.61 Å². The minimum absolute atomic E-state index is 0.0709. The fourth-order valence-electron chi connectivity index (χ4n) is 2.34. The number of rotatable bonds is 6. The fourth-order valence-corrected chi connectivity index (χ4v) is 2.47. The summed E-state index contributed by atoms with van der Waals surface area (Å²) >= 11 is 5.79. The first-order valence-corrected chi connectivity index (χ1v) is 7.93. The summed E-state index contributed by atoms with van der Waals surface area (Å²) < 4.78 is 5.50. The maximum Gasteiger partial charge on any atom is 0.284 e. The van der Waals surface area contributed by atoms with Crippen LogP contribution in [0, 0.1) is 5.92 Å². The smallest absolute Gasteiger partial charge is 0.284 e. The molecule has 0 aromatic heterocycles. The summed E-state index contributed by atoms with van der Waals surface area (Å²) in [6.07, 6.45) is 0.195. The maximum atomic E-state index is 11.9. The molecule has 1 aromatic carbocycles. The normalized spacial score (nSPS) is 18.6. The molecule has 6 nitrogen and oxygen atoms in total. The van der Waals surface area contributed by atoms with Crippen LogP contribution in [0.3, 0.4) is 0 Å². The Morgan fingerprint density at radius 3 is 2.70 bits per heavy atom. The highest BCUT2D eigenvalue weighted by atomic mass is 35.5. The van der Waals surface area contributed by atoms with Gasteiger partial charge in [0.25, 0.3) is 5.91 Å². The molecule has 1 N–H and O–H groups in total. The number of benzene rings is 1. The molecule has 0 radical (unpaired) electrons. The number of hydrogen-bond donors (Lipinski definition) is 1. The van der Waals surface area contributed by atoms with Crippen LogP contribution in [0.4, 0.5) is 0 Å². The maximum absolute atomic E-state index is 11.9. The molecule has 1 fully saturated rings. The number of amides is 2. The van der Waals surface area contributed by atoms with Crippen molar-refractivity contribution >= 4 is 23.4 Å². The van der Waals surface area contributed by atoms with Crippen LogP contribution in [0.15, 0.2) is 24.3 Å². The first-order valence-electron chi connectivity index (χ1n) is 7.55. The summed E-state index contributed by atoms with van der Waals surface area (Å²) in [6, 6.07) is 6.78. The zero-order valence-electron chi connectivity index (χ0n) is 13.3. The molecular weight excluding hydrogens is 320 g/mol. The fraction of sp³-hybridized carbons (Fsp3) is 0.500. The van der Waals surface area contributed by atoms with Gasteiger partial charge in [-0.05, 0) is 37.6 Å². The highest BCUT2D eigenvalue weighted by Crippen LogP contribution is 2.17. The van der Waals surface area contributed by atoms with E-state index in [0.717, 1.165) is 13.0 Å². The van der Waals surface area contributed by atoms with E-state index < -0.39 is 6.10 Å². The van der Waals surface area contributed by atoms with Gasteiger partial charge in [0, 0.05) is 31.0 Å². The van der Waals surface area contributed by atoms with Crippen molar-refractivity contribution in [3.05, 3.63) is 29.3 Å². The lowest BCUT2D eigenvalue weighted by molar-refractivity contribution is -0.141. The average molecular weight is 341 g/mol. The predicted molar refractivity (Wildman–Crippen MR) is 86.0 cm³/mol. The van der Waals surface area contributed by atoms with Crippen molar-refractivity contribution in [2.24, 2.45) is 5.92 Å². The van der Waals surface area contributed by atoms with Crippen molar-refractivity contribution in [2.45, 2.75) is 26.4 Å². The second-order valence-electron chi connectivity index (χ2n) is 5.61. The summed E-state index contributed by atoms with van der Waals surface area (Å²) in [5.41, 5.74) is 2.39. The second kappa shape index (κ2) is 8.17. The van der Waals surface area contributed by atoms with Crippen molar-refractivity contribution in [3.8, 4) is 5.75 Å². The van der Waals surface area contributed by atoms with E-state index in [9.17, 15) is 9.59 Å². The van der Waals surface area contributed by atoms with Gasteiger partial charge in [-0.15, -0.1) is 0 Å². The summed E-state index contributed by atoms with van der Waals surface area (Å²) in [5.74, 6) is 0.513. The SMILES string of the molecule is CC(=O)N1CCC(CONC(=O)[C@H](C)Oc2ccc(Cl)cc2)C1. The van der Waals surface area contributed by atoms with Gasteiger partial charge in [-0.1, -0.05) is 11.6 Å². The Labute approximate surface area is 140 Å². The van der Waals surface area contributed by atoms with E-state index in [0.29, 0.717) is 23.9 Å². The van der Waals surface area contributed by atoms with Crippen LogP contribution in [0.1, 0.15) is 20.3 Å². The largest absolute Gasteiger partial charge is 0.481 e. The Morgan fingerprint density at radius 1 is 1.39 bits per heavy atom. The lowest BCUT2D eigenvalue weighted by Gasteiger charge is -2.16. The molecule has 0 aliphatic carbocycles. The molecule has 1 aliphatic heterocycles. The van der Waals surface area contributed by atoms with Crippen molar-refractivity contribution in [2.75, 3.05) is 19.7 Å². The van der Waals surface area contributed by atoms with Crippen LogP contribution >= 0.6 is 11.6 Å². The molecule has 2 amide bonds. The Balaban J connectivity index is 1.68. The van der Waals surface area contributed by atoms with Gasteiger partial charge >= 0.3 is 0 Å². The molecule has 1 unspecified atom stereocenters.